The lowest BCUT2D eigenvalue weighted by Gasteiger charge is -2.36. The lowest BCUT2D eigenvalue weighted by molar-refractivity contribution is -0.119. The van der Waals surface area contributed by atoms with Gasteiger partial charge in [-0.05, 0) is 68.1 Å². The van der Waals surface area contributed by atoms with Gasteiger partial charge in [0.25, 0.3) is 0 Å². The molecule has 1 heterocycles. The molecular formula is C25H27FN4O3. The Bertz CT molecular complexity index is 1170. The molecule has 0 bridgehead atoms. The van der Waals surface area contributed by atoms with Gasteiger partial charge in [-0.2, -0.15) is 0 Å². The van der Waals surface area contributed by atoms with Gasteiger partial charge < -0.3 is 15.0 Å². The highest BCUT2D eigenvalue weighted by Gasteiger charge is 2.27. The van der Waals surface area contributed by atoms with E-state index >= 15 is 0 Å². The van der Waals surface area contributed by atoms with Crippen LogP contribution in [0.15, 0.2) is 42.5 Å². The van der Waals surface area contributed by atoms with Crippen LogP contribution < -0.4 is 10.2 Å². The van der Waals surface area contributed by atoms with Gasteiger partial charge in [0.1, 0.15) is 11.5 Å². The van der Waals surface area contributed by atoms with E-state index < -0.39 is 5.97 Å². The van der Waals surface area contributed by atoms with Crippen LogP contribution >= 0.6 is 0 Å². The Morgan fingerprint density at radius 3 is 2.36 bits per heavy atom. The molecule has 4 rings (SSSR count). The first-order valence-electron chi connectivity index (χ1n) is 11.0. The van der Waals surface area contributed by atoms with Crippen molar-refractivity contribution < 1.29 is 18.7 Å². The third kappa shape index (κ3) is 4.94. The number of fused-ring (bicyclic) bond motifs is 1. The van der Waals surface area contributed by atoms with E-state index in [0.29, 0.717) is 28.1 Å². The maximum absolute atomic E-state index is 13.6. The Labute approximate surface area is 192 Å². The Morgan fingerprint density at radius 2 is 1.73 bits per heavy atom. The average molecular weight is 451 g/mol. The highest BCUT2D eigenvalue weighted by molar-refractivity contribution is 5.94. The van der Waals surface area contributed by atoms with Crippen LogP contribution in [0, 0.1) is 5.82 Å². The van der Waals surface area contributed by atoms with E-state index in [1.54, 1.807) is 37.3 Å². The molecule has 172 valence electrons. The van der Waals surface area contributed by atoms with Crippen LogP contribution in [0.25, 0.3) is 22.3 Å². The second-order valence-corrected chi connectivity index (χ2v) is 8.41. The standard InChI is InChI=1S/C25H27FN4O3/c1-15(31)27-19-9-11-20(12-10-19)30(2)24-23(16-4-7-18(26)8-5-16)28-21-13-6-17(25(32)33-3)14-22(21)29-24/h4-8,13-14,19-20H,9-12H2,1-3H3,(H,27,31)/t19-,20-. The first-order valence-corrected chi connectivity index (χ1v) is 11.0. The lowest BCUT2D eigenvalue weighted by atomic mass is 9.90. The van der Waals surface area contributed by atoms with Crippen molar-refractivity contribution in [2.45, 2.75) is 44.7 Å². The van der Waals surface area contributed by atoms with Crippen LogP contribution in [-0.2, 0) is 9.53 Å². The summed E-state index contributed by atoms with van der Waals surface area (Å²) in [6.07, 6.45) is 3.56. The molecule has 1 N–H and O–H groups in total. The molecule has 1 fully saturated rings. The molecule has 7 nitrogen and oxygen atoms in total. The van der Waals surface area contributed by atoms with Gasteiger partial charge in [-0.3, -0.25) is 4.79 Å². The minimum absolute atomic E-state index is 0.00722. The topological polar surface area (TPSA) is 84.4 Å². The number of nitrogens with zero attached hydrogens (tertiary/aromatic N) is 3. The summed E-state index contributed by atoms with van der Waals surface area (Å²) in [4.78, 5) is 35.2. The van der Waals surface area contributed by atoms with Crippen LogP contribution in [0.4, 0.5) is 10.2 Å². The van der Waals surface area contributed by atoms with Crippen LogP contribution in [0.2, 0.25) is 0 Å². The van der Waals surface area contributed by atoms with Crippen molar-refractivity contribution in [2.75, 3.05) is 19.1 Å². The Kier molecular flexibility index (Phi) is 6.53. The van der Waals surface area contributed by atoms with Crippen molar-refractivity contribution >= 4 is 28.7 Å². The van der Waals surface area contributed by atoms with Crippen molar-refractivity contribution in [3.05, 3.63) is 53.8 Å². The van der Waals surface area contributed by atoms with E-state index in [1.165, 1.54) is 19.2 Å². The molecule has 1 aromatic heterocycles. The zero-order valence-electron chi connectivity index (χ0n) is 19.0. The van der Waals surface area contributed by atoms with E-state index in [-0.39, 0.29) is 23.8 Å². The predicted octanol–water partition coefficient (Wildman–Crippen LogP) is 4.11. The Morgan fingerprint density at radius 1 is 1.03 bits per heavy atom. The molecule has 0 aliphatic heterocycles. The molecule has 0 saturated heterocycles. The number of hydrogen-bond donors (Lipinski definition) is 1. The summed E-state index contributed by atoms with van der Waals surface area (Å²) >= 11 is 0. The summed E-state index contributed by atoms with van der Waals surface area (Å²) in [5.41, 5.74) is 3.03. The molecule has 1 saturated carbocycles. The maximum Gasteiger partial charge on any atom is 0.337 e. The number of carbonyl (C=O) groups excluding carboxylic acids is 2. The zero-order chi connectivity index (χ0) is 23.5. The highest BCUT2D eigenvalue weighted by atomic mass is 19.1. The van der Waals surface area contributed by atoms with Crippen LogP contribution in [0.5, 0.6) is 0 Å². The quantitative estimate of drug-likeness (QED) is 0.589. The van der Waals surface area contributed by atoms with Crippen LogP contribution in [0.1, 0.15) is 43.0 Å². The Hall–Kier alpha value is -3.55. The van der Waals surface area contributed by atoms with Gasteiger partial charge in [0.15, 0.2) is 5.82 Å². The van der Waals surface area contributed by atoms with Crippen molar-refractivity contribution in [1.82, 2.24) is 15.3 Å². The number of benzene rings is 2. The molecule has 1 amide bonds. The van der Waals surface area contributed by atoms with Gasteiger partial charge in [-0.25, -0.2) is 19.2 Å². The normalized spacial score (nSPS) is 18.1. The molecule has 0 unspecified atom stereocenters. The summed E-state index contributed by atoms with van der Waals surface area (Å²) in [7, 11) is 3.32. The fourth-order valence-electron chi connectivity index (χ4n) is 4.41. The van der Waals surface area contributed by atoms with Gasteiger partial charge in [0.2, 0.25) is 5.91 Å². The molecule has 33 heavy (non-hydrogen) atoms. The second kappa shape index (κ2) is 9.52. The average Bonchev–Trinajstić information content (AvgIpc) is 2.82. The van der Waals surface area contributed by atoms with Crippen molar-refractivity contribution in [3.8, 4) is 11.3 Å². The number of amides is 1. The summed E-state index contributed by atoms with van der Waals surface area (Å²) in [6.45, 7) is 1.54. The third-order valence-electron chi connectivity index (χ3n) is 6.17. The highest BCUT2D eigenvalue weighted by Crippen LogP contribution is 2.33. The SMILES string of the molecule is COC(=O)c1ccc2nc(-c3ccc(F)cc3)c(N(C)[C@H]3CC[C@H](NC(C)=O)CC3)nc2c1. The number of ether oxygens (including phenoxy) is 1. The first kappa shape index (κ1) is 22.6. The van der Waals surface area contributed by atoms with E-state index in [1.807, 2.05) is 7.05 Å². The lowest BCUT2D eigenvalue weighted by Crippen LogP contribution is -2.42. The molecule has 1 aliphatic rings. The fourth-order valence-corrected chi connectivity index (χ4v) is 4.41. The van der Waals surface area contributed by atoms with E-state index in [0.717, 1.165) is 31.2 Å². The third-order valence-corrected chi connectivity index (χ3v) is 6.17. The number of hydrogen-bond acceptors (Lipinski definition) is 6. The second-order valence-electron chi connectivity index (χ2n) is 8.41. The maximum atomic E-state index is 13.6. The number of halogens is 1. The van der Waals surface area contributed by atoms with Gasteiger partial charge in [-0.15, -0.1) is 0 Å². The van der Waals surface area contributed by atoms with Gasteiger partial charge in [0, 0.05) is 31.6 Å². The number of anilines is 1. The smallest absolute Gasteiger partial charge is 0.337 e. The number of aromatic nitrogens is 2. The van der Waals surface area contributed by atoms with Gasteiger partial charge in [0.05, 0.1) is 23.7 Å². The molecular weight excluding hydrogens is 423 g/mol. The van der Waals surface area contributed by atoms with E-state index in [2.05, 4.69) is 10.2 Å². The molecule has 2 aromatic carbocycles. The minimum Gasteiger partial charge on any atom is -0.465 e. The van der Waals surface area contributed by atoms with Gasteiger partial charge >= 0.3 is 5.97 Å². The number of esters is 1. The number of rotatable bonds is 5. The fraction of sp³-hybridized carbons (Fsp3) is 0.360. The van der Waals surface area contributed by atoms with Crippen LogP contribution in [-0.4, -0.2) is 48.1 Å². The van der Waals surface area contributed by atoms with Crippen molar-refractivity contribution in [3.63, 3.8) is 0 Å². The molecule has 1 aliphatic carbocycles. The summed E-state index contributed by atoms with van der Waals surface area (Å²) < 4.78 is 18.4. The summed E-state index contributed by atoms with van der Waals surface area (Å²) in [6, 6.07) is 11.7. The molecule has 0 spiro atoms. The molecule has 0 radical (unpaired) electrons. The zero-order valence-corrected chi connectivity index (χ0v) is 19.0. The number of methoxy groups -OCH3 is 1. The molecule has 0 atom stereocenters. The molecule has 3 aromatic rings. The Balaban J connectivity index is 1.73. The molecule has 8 heteroatoms. The summed E-state index contributed by atoms with van der Waals surface area (Å²) in [5.74, 6) is -0.0970. The minimum atomic E-state index is -0.437. The monoisotopic (exact) mass is 450 g/mol. The summed E-state index contributed by atoms with van der Waals surface area (Å²) in [5, 5.41) is 3.01. The van der Waals surface area contributed by atoms with E-state index in [9.17, 15) is 14.0 Å². The van der Waals surface area contributed by atoms with Crippen molar-refractivity contribution in [1.29, 1.82) is 0 Å². The van der Waals surface area contributed by atoms with Crippen LogP contribution in [0.3, 0.4) is 0 Å². The van der Waals surface area contributed by atoms with Gasteiger partial charge in [-0.1, -0.05) is 0 Å². The van der Waals surface area contributed by atoms with E-state index in [4.69, 9.17) is 14.7 Å². The van der Waals surface area contributed by atoms with Crippen molar-refractivity contribution in [2.24, 2.45) is 0 Å². The number of carbonyl (C=O) groups is 2. The largest absolute Gasteiger partial charge is 0.465 e. The first-order chi connectivity index (χ1) is 15.9. The number of nitrogens with one attached hydrogen (secondary N) is 1. The predicted molar refractivity (Wildman–Crippen MR) is 125 cm³/mol.